The average molecular weight is 286 g/mol. The van der Waals surface area contributed by atoms with Gasteiger partial charge in [0.1, 0.15) is 0 Å². The van der Waals surface area contributed by atoms with Crippen LogP contribution in [0.5, 0.6) is 0 Å². The van der Waals surface area contributed by atoms with E-state index in [0.29, 0.717) is 12.1 Å². The molecule has 0 aromatic rings. The third kappa shape index (κ3) is 6.53. The summed E-state index contributed by atoms with van der Waals surface area (Å²) in [5.74, 6) is 0. The number of ether oxygens (including phenoxy) is 1. The molecule has 0 aromatic heterocycles. The van der Waals surface area contributed by atoms with Gasteiger partial charge in [0, 0.05) is 31.3 Å². The lowest BCUT2D eigenvalue weighted by Crippen LogP contribution is -2.49. The predicted molar refractivity (Wildman–Crippen MR) is 84.1 cm³/mol. The molecule has 4 nitrogen and oxygen atoms in total. The topological polar surface area (TPSA) is 44.7 Å². The molecule has 0 radical (unpaired) electrons. The molecule has 1 atom stereocenters. The van der Waals surface area contributed by atoms with Crippen molar-refractivity contribution in [3.05, 3.63) is 0 Å². The van der Waals surface area contributed by atoms with Gasteiger partial charge in [0.15, 0.2) is 0 Å². The van der Waals surface area contributed by atoms with Crippen LogP contribution in [0.2, 0.25) is 0 Å². The molecule has 20 heavy (non-hydrogen) atoms. The molecule has 0 aliphatic carbocycles. The highest BCUT2D eigenvalue weighted by Gasteiger charge is 2.24. The van der Waals surface area contributed by atoms with Crippen LogP contribution in [0.15, 0.2) is 0 Å². The Bertz CT molecular complexity index is 253. The van der Waals surface area contributed by atoms with Gasteiger partial charge in [0.25, 0.3) is 0 Å². The van der Waals surface area contributed by atoms with Gasteiger partial charge in [-0.3, -0.25) is 0 Å². The third-order valence-electron chi connectivity index (χ3n) is 4.13. The van der Waals surface area contributed by atoms with Crippen molar-refractivity contribution in [1.29, 1.82) is 0 Å². The molecule has 2 N–H and O–H groups in total. The first kappa shape index (κ1) is 17.9. The van der Waals surface area contributed by atoms with Crippen molar-refractivity contribution in [3.63, 3.8) is 0 Å². The standard InChI is InChI=1S/C16H34N2O2/c1-5-20-15-7-11-18(12-8-15)10-6-9-16(4,13-19)17-14(2)3/h14-15,17,19H,5-13H2,1-4H3. The van der Waals surface area contributed by atoms with Crippen LogP contribution < -0.4 is 5.32 Å². The Morgan fingerprint density at radius 1 is 1.35 bits per heavy atom. The number of aliphatic hydroxyl groups excluding tert-OH is 1. The van der Waals surface area contributed by atoms with E-state index in [1.165, 1.54) is 0 Å². The molecule has 120 valence electrons. The largest absolute Gasteiger partial charge is 0.394 e. The highest BCUT2D eigenvalue weighted by atomic mass is 16.5. The van der Waals surface area contributed by atoms with Crippen LogP contribution in [0.1, 0.15) is 53.4 Å². The predicted octanol–water partition coefficient (Wildman–Crippen LogP) is 2.02. The van der Waals surface area contributed by atoms with E-state index >= 15 is 0 Å². The number of nitrogens with zero attached hydrogens (tertiary/aromatic N) is 1. The third-order valence-corrected chi connectivity index (χ3v) is 4.13. The molecule has 1 unspecified atom stereocenters. The molecule has 1 saturated heterocycles. The van der Waals surface area contributed by atoms with Crippen LogP contribution in [0.25, 0.3) is 0 Å². The van der Waals surface area contributed by atoms with E-state index in [9.17, 15) is 5.11 Å². The molecule has 1 aliphatic heterocycles. The lowest BCUT2D eigenvalue weighted by Gasteiger charge is -2.34. The lowest BCUT2D eigenvalue weighted by molar-refractivity contribution is 0.0133. The van der Waals surface area contributed by atoms with Crippen molar-refractivity contribution in [2.75, 3.05) is 32.8 Å². The summed E-state index contributed by atoms with van der Waals surface area (Å²) in [5.41, 5.74) is -0.141. The minimum Gasteiger partial charge on any atom is -0.394 e. The highest BCUT2D eigenvalue weighted by molar-refractivity contribution is 4.84. The van der Waals surface area contributed by atoms with Crippen LogP contribution in [-0.4, -0.2) is 60.5 Å². The number of hydrogen-bond donors (Lipinski definition) is 2. The maximum atomic E-state index is 9.57. The molecule has 4 heteroatoms. The first-order valence-electron chi connectivity index (χ1n) is 8.21. The minimum atomic E-state index is -0.141. The van der Waals surface area contributed by atoms with Crippen molar-refractivity contribution >= 4 is 0 Å². The van der Waals surface area contributed by atoms with Crippen molar-refractivity contribution < 1.29 is 9.84 Å². The van der Waals surface area contributed by atoms with Crippen LogP contribution in [-0.2, 0) is 4.74 Å². The Labute approximate surface area is 124 Å². The van der Waals surface area contributed by atoms with E-state index in [-0.39, 0.29) is 12.1 Å². The molecule has 0 saturated carbocycles. The Morgan fingerprint density at radius 3 is 2.50 bits per heavy atom. The van der Waals surface area contributed by atoms with Gasteiger partial charge in [-0.1, -0.05) is 13.8 Å². The number of rotatable bonds is 9. The molecule has 0 amide bonds. The lowest BCUT2D eigenvalue weighted by atomic mass is 9.95. The van der Waals surface area contributed by atoms with Gasteiger partial charge < -0.3 is 20.1 Å². The molecule has 0 aromatic carbocycles. The summed E-state index contributed by atoms with van der Waals surface area (Å²) in [4.78, 5) is 2.53. The monoisotopic (exact) mass is 286 g/mol. The zero-order valence-corrected chi connectivity index (χ0v) is 13.8. The second-order valence-electron chi connectivity index (χ2n) is 6.62. The van der Waals surface area contributed by atoms with Gasteiger partial charge >= 0.3 is 0 Å². The summed E-state index contributed by atoms with van der Waals surface area (Å²) in [6, 6.07) is 0.411. The zero-order valence-electron chi connectivity index (χ0n) is 13.8. The fourth-order valence-corrected chi connectivity index (χ4v) is 3.12. The molecule has 1 fully saturated rings. The number of piperidine rings is 1. The highest BCUT2D eigenvalue weighted by Crippen LogP contribution is 2.17. The van der Waals surface area contributed by atoms with Gasteiger partial charge in [0.05, 0.1) is 12.7 Å². The fraction of sp³-hybridized carbons (Fsp3) is 1.00. The number of aliphatic hydroxyl groups is 1. The van der Waals surface area contributed by atoms with Gasteiger partial charge in [-0.05, 0) is 46.1 Å². The van der Waals surface area contributed by atoms with Crippen LogP contribution >= 0.6 is 0 Å². The first-order chi connectivity index (χ1) is 9.49. The van der Waals surface area contributed by atoms with E-state index in [2.05, 4.69) is 37.9 Å². The van der Waals surface area contributed by atoms with E-state index < -0.39 is 0 Å². The summed E-state index contributed by atoms with van der Waals surface area (Å²) >= 11 is 0. The quantitative estimate of drug-likeness (QED) is 0.681. The number of hydrogen-bond acceptors (Lipinski definition) is 4. The maximum absolute atomic E-state index is 9.57. The van der Waals surface area contributed by atoms with Gasteiger partial charge in [-0.15, -0.1) is 0 Å². The van der Waals surface area contributed by atoms with Crippen LogP contribution in [0, 0.1) is 0 Å². The molecular formula is C16H34N2O2. The summed E-state index contributed by atoms with van der Waals surface area (Å²) < 4.78 is 5.68. The van der Waals surface area contributed by atoms with Gasteiger partial charge in [-0.25, -0.2) is 0 Å². The van der Waals surface area contributed by atoms with Crippen molar-refractivity contribution in [3.8, 4) is 0 Å². The van der Waals surface area contributed by atoms with Crippen molar-refractivity contribution in [2.24, 2.45) is 0 Å². The molecule has 1 rings (SSSR count). The van der Waals surface area contributed by atoms with Gasteiger partial charge in [0.2, 0.25) is 0 Å². The summed E-state index contributed by atoms with van der Waals surface area (Å²) in [7, 11) is 0. The van der Waals surface area contributed by atoms with Crippen molar-refractivity contribution in [2.45, 2.75) is 71.1 Å². The van der Waals surface area contributed by atoms with Gasteiger partial charge in [-0.2, -0.15) is 0 Å². The maximum Gasteiger partial charge on any atom is 0.0610 e. The minimum absolute atomic E-state index is 0.141. The van der Waals surface area contributed by atoms with E-state index in [0.717, 1.165) is 51.9 Å². The summed E-state index contributed by atoms with van der Waals surface area (Å²) in [5, 5.41) is 13.1. The van der Waals surface area contributed by atoms with E-state index in [1.807, 2.05) is 0 Å². The smallest absolute Gasteiger partial charge is 0.0610 e. The number of nitrogens with one attached hydrogen (secondary N) is 1. The normalized spacial score (nSPS) is 21.3. The van der Waals surface area contributed by atoms with E-state index in [4.69, 9.17) is 4.74 Å². The molecule has 0 spiro atoms. The average Bonchev–Trinajstić information content (AvgIpc) is 2.40. The molecular weight excluding hydrogens is 252 g/mol. The SMILES string of the molecule is CCOC1CCN(CCCC(C)(CO)NC(C)C)CC1. The number of likely N-dealkylation sites (tertiary alicyclic amines) is 1. The molecule has 1 aliphatic rings. The summed E-state index contributed by atoms with van der Waals surface area (Å²) in [6.07, 6.45) is 4.95. The van der Waals surface area contributed by atoms with Crippen molar-refractivity contribution in [1.82, 2.24) is 10.2 Å². The van der Waals surface area contributed by atoms with Crippen LogP contribution in [0.4, 0.5) is 0 Å². The van der Waals surface area contributed by atoms with Crippen LogP contribution in [0.3, 0.4) is 0 Å². The Kier molecular flexibility index (Phi) is 8.03. The molecule has 1 heterocycles. The Balaban J connectivity index is 2.20. The fourth-order valence-electron chi connectivity index (χ4n) is 3.12. The second-order valence-corrected chi connectivity index (χ2v) is 6.62. The Morgan fingerprint density at radius 2 is 2.00 bits per heavy atom. The Hall–Kier alpha value is -0.160. The zero-order chi connectivity index (χ0) is 15.0. The van der Waals surface area contributed by atoms with E-state index in [1.54, 1.807) is 0 Å². The second kappa shape index (κ2) is 8.98. The summed E-state index contributed by atoms with van der Waals surface area (Å²) in [6.45, 7) is 12.9. The first-order valence-corrected chi connectivity index (χ1v) is 8.21. The molecule has 0 bridgehead atoms.